The molecule has 1 aromatic carbocycles. The zero-order valence-corrected chi connectivity index (χ0v) is 16.3. The molecule has 134 valence electrons. The maximum atomic E-state index is 12.8. The Kier molecular flexibility index (Phi) is 5.02. The van der Waals surface area contributed by atoms with E-state index in [1.165, 1.54) is 6.07 Å². The number of carbonyl (C=O) groups is 1. The van der Waals surface area contributed by atoms with Crippen LogP contribution in [0.2, 0.25) is 0 Å². The molecule has 0 aliphatic carbocycles. The zero-order valence-electron chi connectivity index (χ0n) is 14.7. The fourth-order valence-corrected chi connectivity index (χ4v) is 3.98. The van der Waals surface area contributed by atoms with Gasteiger partial charge in [0.25, 0.3) is 0 Å². The molecule has 25 heavy (non-hydrogen) atoms. The molecule has 0 bridgehead atoms. The number of likely N-dealkylation sites (N-methyl/N-ethyl adjacent to an activating group) is 1. The average Bonchev–Trinajstić information content (AvgIpc) is 2.61. The van der Waals surface area contributed by atoms with Crippen LogP contribution in [0.1, 0.15) is 41.5 Å². The van der Waals surface area contributed by atoms with Gasteiger partial charge in [-0.1, -0.05) is 22.0 Å². The molecule has 1 atom stereocenters. The van der Waals surface area contributed by atoms with E-state index >= 15 is 0 Å². The third-order valence-electron chi connectivity index (χ3n) is 5.02. The van der Waals surface area contributed by atoms with E-state index in [0.717, 1.165) is 11.1 Å². The van der Waals surface area contributed by atoms with Gasteiger partial charge in [-0.3, -0.25) is 9.59 Å². The van der Waals surface area contributed by atoms with E-state index in [2.05, 4.69) is 26.6 Å². The minimum absolute atomic E-state index is 0.0391. The number of amides is 1. The first-order valence-electron chi connectivity index (χ1n) is 8.55. The van der Waals surface area contributed by atoms with Crippen molar-refractivity contribution in [3.8, 4) is 0 Å². The van der Waals surface area contributed by atoms with Crippen molar-refractivity contribution < 1.29 is 9.21 Å². The molecule has 1 saturated heterocycles. The van der Waals surface area contributed by atoms with Gasteiger partial charge in [0.2, 0.25) is 5.91 Å². The fourth-order valence-electron chi connectivity index (χ4n) is 3.64. The zero-order chi connectivity index (χ0) is 18.2. The van der Waals surface area contributed by atoms with Crippen molar-refractivity contribution in [2.45, 2.75) is 36.9 Å². The Balaban J connectivity index is 2.29. The molecule has 1 fully saturated rings. The molecule has 1 aliphatic rings. The number of piperidine rings is 1. The lowest BCUT2D eigenvalue weighted by Gasteiger charge is -2.34. The van der Waals surface area contributed by atoms with Gasteiger partial charge in [0, 0.05) is 23.5 Å². The molecule has 0 spiro atoms. The number of halogens is 1. The van der Waals surface area contributed by atoms with Gasteiger partial charge in [0.15, 0.2) is 5.43 Å². The molecule has 5 nitrogen and oxygen atoms in total. The highest BCUT2D eigenvalue weighted by Crippen LogP contribution is 2.37. The summed E-state index contributed by atoms with van der Waals surface area (Å²) < 4.78 is 6.24. The van der Waals surface area contributed by atoms with Crippen LogP contribution >= 0.6 is 15.9 Å². The van der Waals surface area contributed by atoms with Gasteiger partial charge in [-0.15, -0.1) is 0 Å². The summed E-state index contributed by atoms with van der Waals surface area (Å²) in [5.41, 5.74) is 1.60. The largest absolute Gasteiger partial charge is 0.459 e. The highest BCUT2D eigenvalue weighted by atomic mass is 79.9. The third-order valence-corrected chi connectivity index (χ3v) is 5.51. The second-order valence-electron chi connectivity index (χ2n) is 6.73. The van der Waals surface area contributed by atoms with Gasteiger partial charge in [-0.05, 0) is 51.4 Å². The normalized spacial score (nSPS) is 18.1. The number of carbonyl (C=O) groups excluding carboxylic acids is 1. The maximum Gasteiger partial charge on any atom is 0.233 e. The van der Waals surface area contributed by atoms with Crippen molar-refractivity contribution >= 4 is 32.8 Å². The van der Waals surface area contributed by atoms with Gasteiger partial charge in [-0.25, -0.2) is 0 Å². The lowest BCUT2D eigenvalue weighted by atomic mass is 9.75. The summed E-state index contributed by atoms with van der Waals surface area (Å²) in [5, 5.41) is 6.58. The first-order valence-corrected chi connectivity index (χ1v) is 9.46. The molecular weight excluding hydrogens is 384 g/mol. The van der Waals surface area contributed by atoms with Crippen LogP contribution in [0.3, 0.4) is 0 Å². The number of fused-ring (bicyclic) bond motifs is 1. The van der Waals surface area contributed by atoms with E-state index in [0.29, 0.717) is 42.7 Å². The summed E-state index contributed by atoms with van der Waals surface area (Å²) in [5.74, 6) is 0.362. The average molecular weight is 407 g/mol. The van der Waals surface area contributed by atoms with Crippen LogP contribution in [0.4, 0.5) is 0 Å². The SMILES string of the molecule is CNC(=O)C1(c2cc(=O)c3cc(C)cc(C(C)Br)c3o2)CCNCC1. The third kappa shape index (κ3) is 3.13. The first kappa shape index (κ1) is 18.1. The van der Waals surface area contributed by atoms with Crippen LogP contribution in [0.15, 0.2) is 27.4 Å². The number of aryl methyl sites for hydroxylation is 1. The van der Waals surface area contributed by atoms with Crippen molar-refractivity contribution in [2.24, 2.45) is 0 Å². The van der Waals surface area contributed by atoms with Crippen molar-refractivity contribution in [3.05, 3.63) is 45.3 Å². The van der Waals surface area contributed by atoms with Gasteiger partial charge in [0.1, 0.15) is 16.8 Å². The summed E-state index contributed by atoms with van der Waals surface area (Å²) in [7, 11) is 1.63. The molecular formula is C19H23BrN2O3. The molecule has 2 N–H and O–H groups in total. The lowest BCUT2D eigenvalue weighted by Crippen LogP contribution is -2.50. The number of rotatable bonds is 3. The second-order valence-corrected chi connectivity index (χ2v) is 8.11. The Hall–Kier alpha value is -1.66. The number of hydrogen-bond acceptors (Lipinski definition) is 4. The first-order chi connectivity index (χ1) is 11.9. The maximum absolute atomic E-state index is 12.8. The predicted molar refractivity (Wildman–Crippen MR) is 102 cm³/mol. The smallest absolute Gasteiger partial charge is 0.233 e. The van der Waals surface area contributed by atoms with Crippen LogP contribution in [-0.4, -0.2) is 26.0 Å². The van der Waals surface area contributed by atoms with E-state index in [1.807, 2.05) is 26.0 Å². The van der Waals surface area contributed by atoms with E-state index in [1.54, 1.807) is 7.05 Å². The topological polar surface area (TPSA) is 71.3 Å². The lowest BCUT2D eigenvalue weighted by molar-refractivity contribution is -0.128. The minimum Gasteiger partial charge on any atom is -0.459 e. The van der Waals surface area contributed by atoms with Crippen molar-refractivity contribution in [1.82, 2.24) is 10.6 Å². The highest BCUT2D eigenvalue weighted by Gasteiger charge is 2.43. The summed E-state index contributed by atoms with van der Waals surface area (Å²) >= 11 is 3.59. The van der Waals surface area contributed by atoms with Gasteiger partial charge < -0.3 is 15.1 Å². The van der Waals surface area contributed by atoms with Gasteiger partial charge >= 0.3 is 0 Å². The number of benzene rings is 1. The number of nitrogens with one attached hydrogen (secondary N) is 2. The molecule has 0 radical (unpaired) electrons. The molecule has 1 aromatic heterocycles. The van der Waals surface area contributed by atoms with Crippen molar-refractivity contribution in [3.63, 3.8) is 0 Å². The summed E-state index contributed by atoms with van der Waals surface area (Å²) in [6, 6.07) is 5.37. The van der Waals surface area contributed by atoms with Crippen molar-refractivity contribution in [2.75, 3.05) is 20.1 Å². The summed E-state index contributed by atoms with van der Waals surface area (Å²) in [6.07, 6.45) is 1.21. The molecule has 3 rings (SSSR count). The number of hydrogen-bond donors (Lipinski definition) is 2. The Morgan fingerprint density at radius 2 is 2.00 bits per heavy atom. The Bertz CT molecular complexity index is 867. The fraction of sp³-hybridized carbons (Fsp3) is 0.474. The molecule has 0 saturated carbocycles. The van der Waals surface area contributed by atoms with E-state index in [9.17, 15) is 9.59 Å². The Labute approximate surface area is 155 Å². The van der Waals surface area contributed by atoms with Crippen LogP contribution in [0, 0.1) is 6.92 Å². The monoisotopic (exact) mass is 406 g/mol. The Morgan fingerprint density at radius 3 is 2.60 bits per heavy atom. The highest BCUT2D eigenvalue weighted by molar-refractivity contribution is 9.09. The van der Waals surface area contributed by atoms with Crippen LogP contribution in [0.5, 0.6) is 0 Å². The van der Waals surface area contributed by atoms with E-state index in [-0.39, 0.29) is 16.2 Å². The number of alkyl halides is 1. The second kappa shape index (κ2) is 6.92. The Morgan fingerprint density at radius 1 is 1.32 bits per heavy atom. The van der Waals surface area contributed by atoms with Gasteiger partial charge in [0.05, 0.1) is 5.39 Å². The molecule has 6 heteroatoms. The van der Waals surface area contributed by atoms with Crippen LogP contribution < -0.4 is 16.1 Å². The minimum atomic E-state index is -0.801. The summed E-state index contributed by atoms with van der Waals surface area (Å²) in [6.45, 7) is 5.39. The quantitative estimate of drug-likeness (QED) is 0.768. The summed E-state index contributed by atoms with van der Waals surface area (Å²) in [4.78, 5) is 25.5. The molecule has 1 amide bonds. The van der Waals surface area contributed by atoms with E-state index < -0.39 is 5.41 Å². The molecule has 2 aromatic rings. The standard InChI is InChI=1S/C19H23BrN2O3/c1-11-8-13(12(2)20)17-14(9-11)15(23)10-16(25-17)19(18(24)21-3)4-6-22-7-5-19/h8-10,12,22H,4-7H2,1-3H3,(H,21,24). The van der Waals surface area contributed by atoms with Gasteiger partial charge in [-0.2, -0.15) is 0 Å². The van der Waals surface area contributed by atoms with E-state index in [4.69, 9.17) is 4.42 Å². The molecule has 2 heterocycles. The molecule has 1 aliphatic heterocycles. The van der Waals surface area contributed by atoms with Crippen molar-refractivity contribution in [1.29, 1.82) is 0 Å². The predicted octanol–water partition coefficient (Wildman–Crippen LogP) is 2.92. The molecule has 1 unspecified atom stereocenters. The van der Waals surface area contributed by atoms with Crippen LogP contribution in [-0.2, 0) is 10.2 Å². The van der Waals surface area contributed by atoms with Crippen LogP contribution in [0.25, 0.3) is 11.0 Å².